The summed E-state index contributed by atoms with van der Waals surface area (Å²) >= 11 is 0. The molecule has 0 saturated carbocycles. The maximum atomic E-state index is 12.1. The highest BCUT2D eigenvalue weighted by Gasteiger charge is 2.27. The van der Waals surface area contributed by atoms with E-state index in [-0.39, 0.29) is 11.5 Å². The summed E-state index contributed by atoms with van der Waals surface area (Å²) in [5.74, 6) is 0.218. The summed E-state index contributed by atoms with van der Waals surface area (Å²) < 4.78 is 5.31. The lowest BCUT2D eigenvalue weighted by atomic mass is 10.0. The fraction of sp³-hybridized carbons (Fsp3) is 0.929. The molecule has 1 amide bonds. The van der Waals surface area contributed by atoms with Gasteiger partial charge in [-0.3, -0.25) is 4.79 Å². The molecule has 0 aromatic rings. The molecule has 0 bridgehead atoms. The zero-order valence-corrected chi connectivity index (χ0v) is 12.3. The molecule has 1 rings (SSSR count). The van der Waals surface area contributed by atoms with E-state index in [4.69, 9.17) is 4.74 Å². The smallest absolute Gasteiger partial charge is 0.225 e. The molecule has 1 aliphatic rings. The van der Waals surface area contributed by atoms with E-state index in [2.05, 4.69) is 12.2 Å². The monoisotopic (exact) mass is 256 g/mol. The highest BCUT2D eigenvalue weighted by molar-refractivity contribution is 5.77. The first kappa shape index (κ1) is 15.4. The number of carbonyl (C=O) groups excluding carboxylic acids is 1. The average molecular weight is 256 g/mol. The predicted octanol–water partition coefficient (Wildman–Crippen LogP) is 1.79. The molecule has 4 nitrogen and oxygen atoms in total. The minimum Gasteiger partial charge on any atom is -0.378 e. The quantitative estimate of drug-likeness (QED) is 0.788. The van der Waals surface area contributed by atoms with Crippen LogP contribution in [0, 0.1) is 0 Å². The molecule has 1 aliphatic heterocycles. The van der Waals surface area contributed by atoms with Crippen molar-refractivity contribution in [2.24, 2.45) is 0 Å². The Morgan fingerprint density at radius 3 is 2.50 bits per heavy atom. The summed E-state index contributed by atoms with van der Waals surface area (Å²) in [6.45, 7) is 8.93. The number of piperidine rings is 1. The van der Waals surface area contributed by atoms with Gasteiger partial charge in [0.2, 0.25) is 5.91 Å². The molecule has 0 unspecified atom stereocenters. The van der Waals surface area contributed by atoms with Crippen LogP contribution in [-0.4, -0.2) is 49.2 Å². The lowest BCUT2D eigenvalue weighted by Crippen LogP contribution is -2.46. The lowest BCUT2D eigenvalue weighted by Gasteiger charge is -2.34. The Labute approximate surface area is 111 Å². The molecule has 18 heavy (non-hydrogen) atoms. The minimum absolute atomic E-state index is 0.218. The largest absolute Gasteiger partial charge is 0.378 e. The van der Waals surface area contributed by atoms with Crippen LogP contribution < -0.4 is 5.32 Å². The maximum absolute atomic E-state index is 12.1. The van der Waals surface area contributed by atoms with Crippen molar-refractivity contribution in [1.82, 2.24) is 10.2 Å². The molecule has 1 heterocycles. The Kier molecular flexibility index (Phi) is 6.09. The summed E-state index contributed by atoms with van der Waals surface area (Å²) in [5.41, 5.74) is -0.353. The molecule has 4 heteroatoms. The summed E-state index contributed by atoms with van der Waals surface area (Å²) in [7, 11) is 1.66. The lowest BCUT2D eigenvalue weighted by molar-refractivity contribution is -0.137. The fourth-order valence-corrected chi connectivity index (χ4v) is 2.23. The second-order valence-corrected chi connectivity index (χ2v) is 5.75. The fourth-order valence-electron chi connectivity index (χ4n) is 2.23. The molecule has 0 aliphatic carbocycles. The number of carbonyl (C=O) groups is 1. The first-order chi connectivity index (χ1) is 8.48. The molecule has 0 spiro atoms. The van der Waals surface area contributed by atoms with Crippen LogP contribution in [0.25, 0.3) is 0 Å². The van der Waals surface area contributed by atoms with Gasteiger partial charge in [-0.2, -0.15) is 0 Å². The molecule has 1 saturated heterocycles. The van der Waals surface area contributed by atoms with Gasteiger partial charge < -0.3 is 15.0 Å². The number of hydrogen-bond acceptors (Lipinski definition) is 3. The van der Waals surface area contributed by atoms with Crippen LogP contribution in [0.3, 0.4) is 0 Å². The van der Waals surface area contributed by atoms with Crippen molar-refractivity contribution in [2.75, 3.05) is 26.7 Å². The third-order valence-corrected chi connectivity index (χ3v) is 3.66. The summed E-state index contributed by atoms with van der Waals surface area (Å²) in [6, 6.07) is 0.587. The number of ether oxygens (including phenoxy) is 1. The van der Waals surface area contributed by atoms with Crippen LogP contribution in [0.4, 0.5) is 0 Å². The standard InChI is InChI=1S/C14H28N2O2/c1-5-8-15-12-6-9-16(10-7-12)13(17)11-14(2,3)18-4/h12,15H,5-11H2,1-4H3. The normalized spacial score (nSPS) is 18.1. The van der Waals surface area contributed by atoms with Crippen LogP contribution in [0.5, 0.6) is 0 Å². The first-order valence-corrected chi connectivity index (χ1v) is 7.05. The third kappa shape index (κ3) is 4.94. The molecule has 0 atom stereocenters. The van der Waals surface area contributed by atoms with Gasteiger partial charge in [0.1, 0.15) is 0 Å². The van der Waals surface area contributed by atoms with Gasteiger partial charge >= 0.3 is 0 Å². The molecule has 0 radical (unpaired) electrons. The van der Waals surface area contributed by atoms with Crippen molar-refractivity contribution in [2.45, 2.75) is 58.1 Å². The Morgan fingerprint density at radius 2 is 2.00 bits per heavy atom. The highest BCUT2D eigenvalue weighted by Crippen LogP contribution is 2.18. The van der Waals surface area contributed by atoms with Gasteiger partial charge in [0.25, 0.3) is 0 Å². The maximum Gasteiger partial charge on any atom is 0.225 e. The van der Waals surface area contributed by atoms with E-state index >= 15 is 0 Å². The van der Waals surface area contributed by atoms with Crippen LogP contribution in [-0.2, 0) is 9.53 Å². The average Bonchev–Trinajstić information content (AvgIpc) is 2.36. The van der Waals surface area contributed by atoms with E-state index in [9.17, 15) is 4.79 Å². The number of hydrogen-bond donors (Lipinski definition) is 1. The number of nitrogens with zero attached hydrogens (tertiary/aromatic N) is 1. The van der Waals surface area contributed by atoms with Crippen molar-refractivity contribution >= 4 is 5.91 Å². The molecule has 1 fully saturated rings. The summed E-state index contributed by atoms with van der Waals surface area (Å²) in [6.07, 6.45) is 3.77. The van der Waals surface area contributed by atoms with Gasteiger partial charge in [-0.25, -0.2) is 0 Å². The Bertz CT molecular complexity index is 259. The van der Waals surface area contributed by atoms with Crippen LogP contribution in [0.1, 0.15) is 46.5 Å². The van der Waals surface area contributed by atoms with Crippen molar-refractivity contribution in [3.63, 3.8) is 0 Å². The molecular weight excluding hydrogens is 228 g/mol. The first-order valence-electron chi connectivity index (χ1n) is 7.05. The minimum atomic E-state index is -0.353. The van der Waals surface area contributed by atoms with Gasteiger partial charge in [0.05, 0.1) is 12.0 Å². The molecule has 1 N–H and O–H groups in total. The molecular formula is C14H28N2O2. The predicted molar refractivity (Wildman–Crippen MR) is 73.6 cm³/mol. The van der Waals surface area contributed by atoms with Gasteiger partial charge in [-0.15, -0.1) is 0 Å². The van der Waals surface area contributed by atoms with Crippen LogP contribution in [0.15, 0.2) is 0 Å². The van der Waals surface area contributed by atoms with E-state index in [0.717, 1.165) is 32.5 Å². The summed E-state index contributed by atoms with van der Waals surface area (Å²) in [5, 5.41) is 3.53. The SMILES string of the molecule is CCCNC1CCN(C(=O)CC(C)(C)OC)CC1. The van der Waals surface area contributed by atoms with Gasteiger partial charge in [0, 0.05) is 26.2 Å². The number of likely N-dealkylation sites (tertiary alicyclic amines) is 1. The molecule has 0 aromatic carbocycles. The van der Waals surface area contributed by atoms with Gasteiger partial charge in [-0.1, -0.05) is 6.92 Å². The van der Waals surface area contributed by atoms with Gasteiger partial charge in [-0.05, 0) is 39.7 Å². The Balaban J connectivity index is 2.32. The highest BCUT2D eigenvalue weighted by atomic mass is 16.5. The number of nitrogens with one attached hydrogen (secondary N) is 1. The van der Waals surface area contributed by atoms with E-state index in [1.165, 1.54) is 6.42 Å². The van der Waals surface area contributed by atoms with Crippen molar-refractivity contribution in [3.8, 4) is 0 Å². The van der Waals surface area contributed by atoms with E-state index in [1.54, 1.807) is 7.11 Å². The van der Waals surface area contributed by atoms with E-state index in [0.29, 0.717) is 12.5 Å². The van der Waals surface area contributed by atoms with Crippen molar-refractivity contribution < 1.29 is 9.53 Å². The van der Waals surface area contributed by atoms with Crippen LogP contribution in [0.2, 0.25) is 0 Å². The Morgan fingerprint density at radius 1 is 1.39 bits per heavy atom. The topological polar surface area (TPSA) is 41.6 Å². The van der Waals surface area contributed by atoms with E-state index < -0.39 is 0 Å². The number of methoxy groups -OCH3 is 1. The number of amides is 1. The van der Waals surface area contributed by atoms with Crippen molar-refractivity contribution in [1.29, 1.82) is 0 Å². The Hall–Kier alpha value is -0.610. The zero-order chi connectivity index (χ0) is 13.6. The second kappa shape index (κ2) is 7.10. The van der Waals surface area contributed by atoms with Gasteiger partial charge in [0.15, 0.2) is 0 Å². The van der Waals surface area contributed by atoms with Crippen molar-refractivity contribution in [3.05, 3.63) is 0 Å². The zero-order valence-electron chi connectivity index (χ0n) is 12.3. The molecule has 106 valence electrons. The third-order valence-electron chi connectivity index (χ3n) is 3.66. The molecule has 0 aromatic heterocycles. The van der Waals surface area contributed by atoms with Crippen LogP contribution >= 0.6 is 0 Å². The number of rotatable bonds is 6. The second-order valence-electron chi connectivity index (χ2n) is 5.75. The van der Waals surface area contributed by atoms with E-state index in [1.807, 2.05) is 18.7 Å². The summed E-state index contributed by atoms with van der Waals surface area (Å²) in [4.78, 5) is 14.1.